The van der Waals surface area contributed by atoms with Crippen LogP contribution in [0, 0.1) is 0 Å². The standard InChI is InChI=1S/C8H13NO/c1-7-5-3-4-6-9(7)8(2)10/h3,5,7H,4,6H2,1-2H3. The van der Waals surface area contributed by atoms with Crippen LogP contribution in [0.1, 0.15) is 20.3 Å². The SMILES string of the molecule is CC(=O)N1CCC=CC1C. The molecular weight excluding hydrogens is 126 g/mol. The molecule has 2 nitrogen and oxygen atoms in total. The van der Waals surface area contributed by atoms with Crippen LogP contribution in [-0.4, -0.2) is 23.4 Å². The number of rotatable bonds is 0. The highest BCUT2D eigenvalue weighted by atomic mass is 16.2. The topological polar surface area (TPSA) is 20.3 Å². The molecule has 0 aromatic rings. The lowest BCUT2D eigenvalue weighted by atomic mass is 10.1. The highest BCUT2D eigenvalue weighted by molar-refractivity contribution is 5.74. The van der Waals surface area contributed by atoms with Gasteiger partial charge in [0.05, 0.1) is 0 Å². The summed E-state index contributed by atoms with van der Waals surface area (Å²) in [6, 6.07) is 0.297. The van der Waals surface area contributed by atoms with E-state index in [-0.39, 0.29) is 5.91 Å². The summed E-state index contributed by atoms with van der Waals surface area (Å²) in [6.07, 6.45) is 5.21. The van der Waals surface area contributed by atoms with E-state index in [1.807, 2.05) is 11.8 Å². The second-order valence-electron chi connectivity index (χ2n) is 2.67. The van der Waals surface area contributed by atoms with Gasteiger partial charge in [-0.2, -0.15) is 0 Å². The fraction of sp³-hybridized carbons (Fsp3) is 0.625. The summed E-state index contributed by atoms with van der Waals surface area (Å²) >= 11 is 0. The van der Waals surface area contributed by atoms with E-state index < -0.39 is 0 Å². The Labute approximate surface area is 61.5 Å². The first-order chi connectivity index (χ1) is 4.72. The Hall–Kier alpha value is -0.790. The lowest BCUT2D eigenvalue weighted by molar-refractivity contribution is -0.130. The van der Waals surface area contributed by atoms with Gasteiger partial charge in [0.25, 0.3) is 0 Å². The number of carbonyl (C=O) groups is 1. The summed E-state index contributed by atoms with van der Waals surface area (Å²) < 4.78 is 0. The normalized spacial score (nSPS) is 25.0. The second kappa shape index (κ2) is 2.86. The van der Waals surface area contributed by atoms with Crippen molar-refractivity contribution in [1.29, 1.82) is 0 Å². The average Bonchev–Trinajstić information content (AvgIpc) is 1.88. The maximum Gasteiger partial charge on any atom is 0.219 e. The van der Waals surface area contributed by atoms with Gasteiger partial charge >= 0.3 is 0 Å². The van der Waals surface area contributed by atoms with Gasteiger partial charge in [0, 0.05) is 19.5 Å². The van der Waals surface area contributed by atoms with Crippen molar-refractivity contribution in [1.82, 2.24) is 4.90 Å². The third-order valence-corrected chi connectivity index (χ3v) is 1.85. The van der Waals surface area contributed by atoms with E-state index in [2.05, 4.69) is 12.2 Å². The van der Waals surface area contributed by atoms with E-state index in [0.29, 0.717) is 6.04 Å². The zero-order chi connectivity index (χ0) is 7.56. The van der Waals surface area contributed by atoms with Gasteiger partial charge in [-0.15, -0.1) is 0 Å². The molecule has 1 unspecified atom stereocenters. The van der Waals surface area contributed by atoms with Gasteiger partial charge in [0.1, 0.15) is 0 Å². The maximum atomic E-state index is 10.9. The molecule has 2 heteroatoms. The molecule has 0 bridgehead atoms. The quantitative estimate of drug-likeness (QED) is 0.461. The van der Waals surface area contributed by atoms with Crippen molar-refractivity contribution in [2.24, 2.45) is 0 Å². The first-order valence-corrected chi connectivity index (χ1v) is 3.65. The predicted molar refractivity (Wildman–Crippen MR) is 40.6 cm³/mol. The van der Waals surface area contributed by atoms with Crippen LogP contribution in [0.2, 0.25) is 0 Å². The first kappa shape index (κ1) is 7.32. The predicted octanol–water partition coefficient (Wildman–Crippen LogP) is 1.18. The summed E-state index contributed by atoms with van der Waals surface area (Å²) in [4.78, 5) is 12.8. The molecule has 0 radical (unpaired) electrons. The Kier molecular flexibility index (Phi) is 2.10. The van der Waals surface area contributed by atoms with Crippen molar-refractivity contribution in [2.45, 2.75) is 26.3 Å². The number of nitrogens with zero attached hydrogens (tertiary/aromatic N) is 1. The van der Waals surface area contributed by atoms with Crippen molar-refractivity contribution in [3.8, 4) is 0 Å². The van der Waals surface area contributed by atoms with E-state index in [9.17, 15) is 4.79 Å². The van der Waals surface area contributed by atoms with Crippen molar-refractivity contribution in [2.75, 3.05) is 6.54 Å². The minimum Gasteiger partial charge on any atom is -0.336 e. The fourth-order valence-electron chi connectivity index (χ4n) is 1.26. The summed E-state index contributed by atoms with van der Waals surface area (Å²) in [5, 5.41) is 0. The summed E-state index contributed by atoms with van der Waals surface area (Å²) in [7, 11) is 0. The Morgan fingerprint density at radius 1 is 1.70 bits per heavy atom. The summed E-state index contributed by atoms with van der Waals surface area (Å²) in [5.41, 5.74) is 0. The molecule has 0 aromatic carbocycles. The first-order valence-electron chi connectivity index (χ1n) is 3.65. The Balaban J connectivity index is 2.60. The third-order valence-electron chi connectivity index (χ3n) is 1.85. The summed E-state index contributed by atoms with van der Waals surface area (Å²) in [5.74, 6) is 0.178. The molecule has 0 fully saturated rings. The molecule has 1 heterocycles. The molecular formula is C8H13NO. The molecule has 1 aliphatic heterocycles. The largest absolute Gasteiger partial charge is 0.336 e. The monoisotopic (exact) mass is 139 g/mol. The minimum absolute atomic E-state index is 0.178. The average molecular weight is 139 g/mol. The van der Waals surface area contributed by atoms with Crippen LogP contribution < -0.4 is 0 Å². The highest BCUT2D eigenvalue weighted by Gasteiger charge is 2.15. The summed E-state index contributed by atoms with van der Waals surface area (Å²) in [6.45, 7) is 4.54. The molecule has 0 N–H and O–H groups in total. The molecule has 56 valence electrons. The maximum absolute atomic E-state index is 10.9. The van der Waals surface area contributed by atoms with Crippen LogP contribution in [-0.2, 0) is 4.79 Å². The van der Waals surface area contributed by atoms with Crippen LogP contribution >= 0.6 is 0 Å². The number of carbonyl (C=O) groups excluding carboxylic acids is 1. The number of hydrogen-bond acceptors (Lipinski definition) is 1. The van der Waals surface area contributed by atoms with E-state index in [1.165, 1.54) is 0 Å². The minimum atomic E-state index is 0.178. The van der Waals surface area contributed by atoms with Crippen LogP contribution in [0.4, 0.5) is 0 Å². The Bertz CT molecular complexity index is 163. The molecule has 0 saturated heterocycles. The third kappa shape index (κ3) is 1.38. The molecule has 1 atom stereocenters. The second-order valence-corrected chi connectivity index (χ2v) is 2.67. The lowest BCUT2D eigenvalue weighted by Crippen LogP contribution is -2.38. The number of amides is 1. The molecule has 1 aliphatic rings. The smallest absolute Gasteiger partial charge is 0.219 e. The molecule has 10 heavy (non-hydrogen) atoms. The highest BCUT2D eigenvalue weighted by Crippen LogP contribution is 2.08. The van der Waals surface area contributed by atoms with Crippen molar-refractivity contribution in [3.05, 3.63) is 12.2 Å². The molecule has 1 amide bonds. The van der Waals surface area contributed by atoms with Gasteiger partial charge in [-0.05, 0) is 13.3 Å². The van der Waals surface area contributed by atoms with E-state index in [1.54, 1.807) is 6.92 Å². The zero-order valence-electron chi connectivity index (χ0n) is 6.50. The van der Waals surface area contributed by atoms with Crippen LogP contribution in [0.5, 0.6) is 0 Å². The lowest BCUT2D eigenvalue weighted by Gasteiger charge is -2.28. The van der Waals surface area contributed by atoms with Gasteiger partial charge in [0.2, 0.25) is 5.91 Å². The van der Waals surface area contributed by atoms with E-state index >= 15 is 0 Å². The Morgan fingerprint density at radius 2 is 2.40 bits per heavy atom. The zero-order valence-corrected chi connectivity index (χ0v) is 6.50. The molecule has 0 aliphatic carbocycles. The van der Waals surface area contributed by atoms with Crippen LogP contribution in [0.3, 0.4) is 0 Å². The van der Waals surface area contributed by atoms with E-state index in [0.717, 1.165) is 13.0 Å². The van der Waals surface area contributed by atoms with Gasteiger partial charge in [-0.25, -0.2) is 0 Å². The Morgan fingerprint density at radius 3 is 2.80 bits per heavy atom. The number of hydrogen-bond donors (Lipinski definition) is 0. The van der Waals surface area contributed by atoms with Gasteiger partial charge in [-0.3, -0.25) is 4.79 Å². The van der Waals surface area contributed by atoms with Gasteiger partial charge in [0.15, 0.2) is 0 Å². The molecule has 1 rings (SSSR count). The van der Waals surface area contributed by atoms with Crippen LogP contribution in [0.25, 0.3) is 0 Å². The van der Waals surface area contributed by atoms with Gasteiger partial charge in [-0.1, -0.05) is 12.2 Å². The van der Waals surface area contributed by atoms with E-state index in [4.69, 9.17) is 0 Å². The fourth-order valence-corrected chi connectivity index (χ4v) is 1.26. The van der Waals surface area contributed by atoms with Crippen molar-refractivity contribution < 1.29 is 4.79 Å². The van der Waals surface area contributed by atoms with Crippen molar-refractivity contribution >= 4 is 5.91 Å². The molecule has 0 aromatic heterocycles. The molecule has 0 saturated carbocycles. The van der Waals surface area contributed by atoms with Gasteiger partial charge < -0.3 is 4.90 Å². The van der Waals surface area contributed by atoms with Crippen LogP contribution in [0.15, 0.2) is 12.2 Å². The molecule has 0 spiro atoms. The van der Waals surface area contributed by atoms with Crippen molar-refractivity contribution in [3.63, 3.8) is 0 Å².